The molecule has 0 atom stereocenters. The molecule has 0 aromatic heterocycles. The first-order valence-corrected chi connectivity index (χ1v) is 6.93. The third-order valence-electron chi connectivity index (χ3n) is 2.83. The third kappa shape index (κ3) is 3.96. The Morgan fingerprint density at radius 2 is 1.90 bits per heavy atom. The Labute approximate surface area is 130 Å². The maximum Gasteiger partial charge on any atom is 0.274 e. The molecule has 21 heavy (non-hydrogen) atoms. The molecule has 0 saturated carbocycles. The zero-order chi connectivity index (χ0) is 15.2. The van der Waals surface area contributed by atoms with Crippen molar-refractivity contribution in [1.29, 1.82) is 0 Å². The molecule has 2 aromatic rings. The Bertz CT molecular complexity index is 628. The first kappa shape index (κ1) is 15.3. The number of ether oxygens (including phenoxy) is 2. The number of carbonyl (C=O) groups excluding carboxylic acids is 1. The quantitative estimate of drug-likeness (QED) is 0.641. The maximum absolute atomic E-state index is 11.4. The van der Waals surface area contributed by atoms with E-state index >= 15 is 0 Å². The SMILES string of the molecule is COc1ccc(C(=O)NO)cc1OCc1ccc(Br)cc1. The minimum Gasteiger partial charge on any atom is -0.493 e. The summed E-state index contributed by atoms with van der Waals surface area (Å²) in [5.41, 5.74) is 2.85. The second kappa shape index (κ2) is 7.10. The molecule has 0 unspecified atom stereocenters. The van der Waals surface area contributed by atoms with Gasteiger partial charge in [-0.15, -0.1) is 0 Å². The molecular formula is C15H14BrNO4. The van der Waals surface area contributed by atoms with Gasteiger partial charge in [0.05, 0.1) is 7.11 Å². The van der Waals surface area contributed by atoms with E-state index in [-0.39, 0.29) is 5.56 Å². The fraction of sp³-hybridized carbons (Fsp3) is 0.133. The van der Waals surface area contributed by atoms with Crippen molar-refractivity contribution in [2.75, 3.05) is 7.11 Å². The molecular weight excluding hydrogens is 338 g/mol. The lowest BCUT2D eigenvalue weighted by molar-refractivity contribution is 0.0706. The molecule has 2 rings (SSSR count). The van der Waals surface area contributed by atoms with Crippen LogP contribution in [0, 0.1) is 0 Å². The first-order valence-electron chi connectivity index (χ1n) is 6.13. The van der Waals surface area contributed by atoms with Crippen LogP contribution in [0.3, 0.4) is 0 Å². The van der Waals surface area contributed by atoms with Crippen LogP contribution in [0.5, 0.6) is 11.5 Å². The number of carbonyl (C=O) groups is 1. The Hall–Kier alpha value is -2.05. The highest BCUT2D eigenvalue weighted by atomic mass is 79.9. The Balaban J connectivity index is 2.17. The molecule has 0 aliphatic carbocycles. The number of nitrogens with one attached hydrogen (secondary N) is 1. The molecule has 1 amide bonds. The molecule has 5 nitrogen and oxygen atoms in total. The largest absolute Gasteiger partial charge is 0.493 e. The summed E-state index contributed by atoms with van der Waals surface area (Å²) >= 11 is 3.37. The minimum absolute atomic E-state index is 0.282. The second-order valence-electron chi connectivity index (χ2n) is 4.22. The van der Waals surface area contributed by atoms with Crippen LogP contribution in [-0.2, 0) is 6.61 Å². The standard InChI is InChI=1S/C15H14BrNO4/c1-20-13-7-4-11(15(18)17-19)8-14(13)21-9-10-2-5-12(16)6-3-10/h2-8,19H,9H2,1H3,(H,17,18). The van der Waals surface area contributed by atoms with E-state index in [1.165, 1.54) is 19.2 Å². The number of hydrogen-bond acceptors (Lipinski definition) is 4. The molecule has 2 N–H and O–H groups in total. The van der Waals surface area contributed by atoms with Crippen molar-refractivity contribution in [1.82, 2.24) is 5.48 Å². The number of amides is 1. The normalized spacial score (nSPS) is 10.0. The van der Waals surface area contributed by atoms with Crippen LogP contribution in [-0.4, -0.2) is 18.2 Å². The average Bonchev–Trinajstić information content (AvgIpc) is 2.53. The van der Waals surface area contributed by atoms with Gasteiger partial charge in [-0.1, -0.05) is 28.1 Å². The van der Waals surface area contributed by atoms with Crippen LogP contribution in [0.25, 0.3) is 0 Å². The number of benzene rings is 2. The molecule has 110 valence electrons. The van der Waals surface area contributed by atoms with E-state index in [4.69, 9.17) is 14.7 Å². The summed E-state index contributed by atoms with van der Waals surface area (Å²) in [6.45, 7) is 0.341. The summed E-state index contributed by atoms with van der Waals surface area (Å²) in [6, 6.07) is 12.4. The smallest absolute Gasteiger partial charge is 0.274 e. The van der Waals surface area contributed by atoms with Crippen molar-refractivity contribution in [2.45, 2.75) is 6.61 Å². The Morgan fingerprint density at radius 3 is 2.52 bits per heavy atom. The first-order chi connectivity index (χ1) is 10.1. The van der Waals surface area contributed by atoms with Gasteiger partial charge in [0.25, 0.3) is 5.91 Å². The van der Waals surface area contributed by atoms with Gasteiger partial charge in [-0.25, -0.2) is 5.48 Å². The highest BCUT2D eigenvalue weighted by molar-refractivity contribution is 9.10. The summed E-state index contributed by atoms with van der Waals surface area (Å²) in [5, 5.41) is 8.66. The number of halogens is 1. The molecule has 6 heteroatoms. The second-order valence-corrected chi connectivity index (χ2v) is 5.14. The predicted octanol–water partition coefficient (Wildman–Crippen LogP) is 3.16. The van der Waals surface area contributed by atoms with Gasteiger partial charge in [-0.3, -0.25) is 10.0 Å². The summed E-state index contributed by atoms with van der Waals surface area (Å²) in [7, 11) is 1.52. The van der Waals surface area contributed by atoms with Crippen molar-refractivity contribution >= 4 is 21.8 Å². The average molecular weight is 352 g/mol. The fourth-order valence-electron chi connectivity index (χ4n) is 1.74. The Morgan fingerprint density at radius 1 is 1.19 bits per heavy atom. The molecule has 0 spiro atoms. The molecule has 2 aromatic carbocycles. The lowest BCUT2D eigenvalue weighted by Crippen LogP contribution is -2.18. The van der Waals surface area contributed by atoms with Crippen LogP contribution in [0.4, 0.5) is 0 Å². The maximum atomic E-state index is 11.4. The summed E-state index contributed by atoms with van der Waals surface area (Å²) in [4.78, 5) is 11.4. The number of hydroxylamine groups is 1. The lowest BCUT2D eigenvalue weighted by Gasteiger charge is -2.12. The summed E-state index contributed by atoms with van der Waals surface area (Å²) in [6.07, 6.45) is 0. The number of rotatable bonds is 5. The van der Waals surface area contributed by atoms with Crippen molar-refractivity contribution in [3.63, 3.8) is 0 Å². The number of methoxy groups -OCH3 is 1. The van der Waals surface area contributed by atoms with Crippen molar-refractivity contribution in [2.24, 2.45) is 0 Å². The van der Waals surface area contributed by atoms with E-state index in [1.54, 1.807) is 11.5 Å². The lowest BCUT2D eigenvalue weighted by atomic mass is 10.2. The fourth-order valence-corrected chi connectivity index (χ4v) is 2.00. The van der Waals surface area contributed by atoms with Crippen molar-refractivity contribution < 1.29 is 19.5 Å². The zero-order valence-electron chi connectivity index (χ0n) is 11.3. The van der Waals surface area contributed by atoms with Crippen LogP contribution < -0.4 is 15.0 Å². The van der Waals surface area contributed by atoms with E-state index < -0.39 is 5.91 Å². The van der Waals surface area contributed by atoms with Crippen molar-refractivity contribution in [3.8, 4) is 11.5 Å². The minimum atomic E-state index is -0.605. The molecule has 0 aliphatic rings. The Kier molecular flexibility index (Phi) is 5.19. The van der Waals surface area contributed by atoms with Crippen LogP contribution in [0.1, 0.15) is 15.9 Å². The molecule has 0 bridgehead atoms. The van der Waals surface area contributed by atoms with E-state index in [9.17, 15) is 4.79 Å². The van der Waals surface area contributed by atoms with Crippen LogP contribution in [0.15, 0.2) is 46.9 Å². The van der Waals surface area contributed by atoms with Gasteiger partial charge >= 0.3 is 0 Å². The molecule has 0 fully saturated rings. The summed E-state index contributed by atoms with van der Waals surface area (Å²) < 4.78 is 11.9. The van der Waals surface area contributed by atoms with Gasteiger partial charge in [0.15, 0.2) is 11.5 Å². The van der Waals surface area contributed by atoms with Gasteiger partial charge in [0.2, 0.25) is 0 Å². The van der Waals surface area contributed by atoms with Gasteiger partial charge in [0.1, 0.15) is 6.61 Å². The van der Waals surface area contributed by atoms with Gasteiger partial charge in [-0.2, -0.15) is 0 Å². The zero-order valence-corrected chi connectivity index (χ0v) is 12.9. The van der Waals surface area contributed by atoms with E-state index in [1.807, 2.05) is 24.3 Å². The topological polar surface area (TPSA) is 67.8 Å². The van der Waals surface area contributed by atoms with Crippen LogP contribution >= 0.6 is 15.9 Å². The van der Waals surface area contributed by atoms with E-state index in [2.05, 4.69) is 15.9 Å². The van der Waals surface area contributed by atoms with Gasteiger partial charge in [-0.05, 0) is 35.9 Å². The number of hydrogen-bond donors (Lipinski definition) is 2. The molecule has 0 saturated heterocycles. The molecule has 0 aliphatic heterocycles. The monoisotopic (exact) mass is 351 g/mol. The molecule has 0 radical (unpaired) electrons. The highest BCUT2D eigenvalue weighted by Gasteiger charge is 2.10. The predicted molar refractivity (Wildman–Crippen MR) is 80.7 cm³/mol. The van der Waals surface area contributed by atoms with Gasteiger partial charge < -0.3 is 9.47 Å². The van der Waals surface area contributed by atoms with Crippen LogP contribution in [0.2, 0.25) is 0 Å². The third-order valence-corrected chi connectivity index (χ3v) is 3.36. The highest BCUT2D eigenvalue weighted by Crippen LogP contribution is 2.29. The van der Waals surface area contributed by atoms with E-state index in [0.29, 0.717) is 18.1 Å². The molecule has 0 heterocycles. The van der Waals surface area contributed by atoms with Crippen molar-refractivity contribution in [3.05, 3.63) is 58.1 Å². The summed E-state index contributed by atoms with van der Waals surface area (Å²) in [5.74, 6) is 0.342. The van der Waals surface area contributed by atoms with Gasteiger partial charge in [0, 0.05) is 10.0 Å². The van der Waals surface area contributed by atoms with E-state index in [0.717, 1.165) is 10.0 Å².